The number of methoxy groups -OCH3 is 1. The maximum absolute atomic E-state index is 11.2. The lowest BCUT2D eigenvalue weighted by Crippen LogP contribution is -2.27. The molecule has 78 valence electrons. The molecule has 0 rings (SSSR count). The van der Waals surface area contributed by atoms with E-state index in [-0.39, 0.29) is 11.9 Å². The topological polar surface area (TPSA) is 46.5 Å². The van der Waals surface area contributed by atoms with E-state index in [1.54, 1.807) is 6.92 Å². The van der Waals surface area contributed by atoms with Crippen molar-refractivity contribution in [3.8, 4) is 0 Å². The molecular weight excluding hydrogens is 168 g/mol. The molecule has 0 aliphatic carbocycles. The zero-order valence-corrected chi connectivity index (χ0v) is 8.91. The summed E-state index contributed by atoms with van der Waals surface area (Å²) < 4.78 is 4.61. The third kappa shape index (κ3) is 4.88. The molecule has 0 saturated carbocycles. The predicted octanol–water partition coefficient (Wildman–Crippen LogP) is 1.59. The van der Waals surface area contributed by atoms with E-state index in [2.05, 4.69) is 18.6 Å². The van der Waals surface area contributed by atoms with Crippen molar-refractivity contribution in [1.82, 2.24) is 0 Å². The van der Waals surface area contributed by atoms with E-state index in [4.69, 9.17) is 0 Å². The maximum atomic E-state index is 11.2. The lowest BCUT2D eigenvalue weighted by Gasteiger charge is -2.17. The van der Waals surface area contributed by atoms with Crippen LogP contribution in [-0.4, -0.2) is 24.3 Å². The highest BCUT2D eigenvalue weighted by molar-refractivity contribution is 5.72. The minimum atomic E-state index is -0.619. The van der Waals surface area contributed by atoms with Crippen LogP contribution in [0.15, 0.2) is 0 Å². The Bertz CT molecular complexity index is 152. The Balaban J connectivity index is 4.03. The molecule has 13 heavy (non-hydrogen) atoms. The quantitative estimate of drug-likeness (QED) is 0.666. The molecule has 0 aromatic heterocycles. The molecule has 0 aromatic rings. The fourth-order valence-electron chi connectivity index (χ4n) is 1.22. The average Bonchev–Trinajstić information content (AvgIpc) is 2.03. The van der Waals surface area contributed by atoms with Gasteiger partial charge in [0.15, 0.2) is 0 Å². The average molecular weight is 188 g/mol. The van der Waals surface area contributed by atoms with Gasteiger partial charge >= 0.3 is 5.97 Å². The third-order valence-corrected chi connectivity index (χ3v) is 2.14. The smallest absolute Gasteiger partial charge is 0.311 e. The van der Waals surface area contributed by atoms with E-state index < -0.39 is 6.10 Å². The van der Waals surface area contributed by atoms with Gasteiger partial charge in [-0.05, 0) is 19.3 Å². The highest BCUT2D eigenvalue weighted by Gasteiger charge is 2.24. The summed E-state index contributed by atoms with van der Waals surface area (Å²) in [4.78, 5) is 11.2. The summed E-state index contributed by atoms with van der Waals surface area (Å²) >= 11 is 0. The molecule has 0 saturated heterocycles. The molecular formula is C10H20O3. The fourth-order valence-corrected chi connectivity index (χ4v) is 1.22. The molecule has 0 radical (unpaired) electrons. The lowest BCUT2D eigenvalue weighted by atomic mass is 9.94. The SMILES string of the molecule is COC(=O)[C@@H](CCC(C)C)[C@H](C)O. The Hall–Kier alpha value is -0.570. The number of esters is 1. The number of aliphatic hydroxyl groups excluding tert-OH is 1. The molecule has 0 spiro atoms. The summed E-state index contributed by atoms with van der Waals surface area (Å²) in [5.74, 6) is -0.131. The van der Waals surface area contributed by atoms with Crippen LogP contribution in [0.3, 0.4) is 0 Å². The van der Waals surface area contributed by atoms with Crippen molar-refractivity contribution in [2.75, 3.05) is 7.11 Å². The number of carbonyl (C=O) groups excluding carboxylic acids is 1. The van der Waals surface area contributed by atoms with E-state index in [0.29, 0.717) is 12.3 Å². The summed E-state index contributed by atoms with van der Waals surface area (Å²) in [6.07, 6.45) is 1.01. The van der Waals surface area contributed by atoms with E-state index in [1.165, 1.54) is 7.11 Å². The zero-order chi connectivity index (χ0) is 10.4. The van der Waals surface area contributed by atoms with Gasteiger partial charge in [-0.3, -0.25) is 4.79 Å². The highest BCUT2D eigenvalue weighted by atomic mass is 16.5. The molecule has 0 fully saturated rings. The molecule has 0 heterocycles. The second kappa shape index (κ2) is 5.97. The van der Waals surface area contributed by atoms with Crippen LogP contribution in [-0.2, 0) is 9.53 Å². The van der Waals surface area contributed by atoms with Crippen LogP contribution in [0.2, 0.25) is 0 Å². The van der Waals surface area contributed by atoms with E-state index >= 15 is 0 Å². The predicted molar refractivity (Wildman–Crippen MR) is 51.3 cm³/mol. The van der Waals surface area contributed by atoms with Gasteiger partial charge in [-0.1, -0.05) is 20.3 Å². The van der Waals surface area contributed by atoms with Gasteiger partial charge in [0.25, 0.3) is 0 Å². The van der Waals surface area contributed by atoms with Crippen molar-refractivity contribution in [3.05, 3.63) is 0 Å². The minimum Gasteiger partial charge on any atom is -0.469 e. The Morgan fingerprint density at radius 3 is 2.15 bits per heavy atom. The van der Waals surface area contributed by atoms with Crippen LogP contribution < -0.4 is 0 Å². The van der Waals surface area contributed by atoms with E-state index in [1.807, 2.05) is 0 Å². The van der Waals surface area contributed by atoms with Crippen molar-refractivity contribution in [1.29, 1.82) is 0 Å². The van der Waals surface area contributed by atoms with Crippen LogP contribution in [0.1, 0.15) is 33.6 Å². The van der Waals surface area contributed by atoms with Crippen molar-refractivity contribution in [2.45, 2.75) is 39.7 Å². The van der Waals surface area contributed by atoms with E-state index in [0.717, 1.165) is 6.42 Å². The number of hydrogen-bond donors (Lipinski definition) is 1. The zero-order valence-electron chi connectivity index (χ0n) is 8.91. The molecule has 0 aliphatic rings. The first kappa shape index (κ1) is 12.4. The van der Waals surface area contributed by atoms with Crippen LogP contribution in [0.4, 0.5) is 0 Å². The van der Waals surface area contributed by atoms with Crippen LogP contribution in [0.5, 0.6) is 0 Å². The normalized spacial score (nSPS) is 15.5. The summed E-state index contributed by atoms with van der Waals surface area (Å²) in [5.41, 5.74) is 0. The second-order valence-electron chi connectivity index (χ2n) is 3.84. The number of aliphatic hydroxyl groups is 1. The summed E-state index contributed by atoms with van der Waals surface area (Å²) in [6, 6.07) is 0. The van der Waals surface area contributed by atoms with Crippen molar-refractivity contribution in [3.63, 3.8) is 0 Å². The van der Waals surface area contributed by atoms with Gasteiger partial charge in [0.2, 0.25) is 0 Å². The van der Waals surface area contributed by atoms with Gasteiger partial charge in [0.05, 0.1) is 19.1 Å². The number of ether oxygens (including phenoxy) is 1. The molecule has 0 aliphatic heterocycles. The lowest BCUT2D eigenvalue weighted by molar-refractivity contribution is -0.149. The van der Waals surface area contributed by atoms with E-state index in [9.17, 15) is 9.90 Å². The second-order valence-corrected chi connectivity index (χ2v) is 3.84. The van der Waals surface area contributed by atoms with Crippen molar-refractivity contribution < 1.29 is 14.6 Å². The Kier molecular flexibility index (Phi) is 5.71. The summed E-state index contributed by atoms with van der Waals surface area (Å²) in [5, 5.41) is 9.33. The molecule has 2 atom stereocenters. The standard InChI is InChI=1S/C10H20O3/c1-7(2)5-6-9(8(3)11)10(12)13-4/h7-9,11H,5-6H2,1-4H3/t8-,9-/m0/s1. The number of carbonyl (C=O) groups is 1. The minimum absolute atomic E-state index is 0.310. The molecule has 0 bridgehead atoms. The van der Waals surface area contributed by atoms with Crippen LogP contribution in [0.25, 0.3) is 0 Å². The molecule has 0 unspecified atom stereocenters. The maximum Gasteiger partial charge on any atom is 0.311 e. The van der Waals surface area contributed by atoms with Gasteiger partial charge in [-0.25, -0.2) is 0 Å². The highest BCUT2D eigenvalue weighted by Crippen LogP contribution is 2.16. The monoisotopic (exact) mass is 188 g/mol. The van der Waals surface area contributed by atoms with Crippen LogP contribution >= 0.6 is 0 Å². The summed E-state index contributed by atoms with van der Waals surface area (Å²) in [6.45, 7) is 5.81. The Morgan fingerprint density at radius 1 is 1.31 bits per heavy atom. The van der Waals surface area contributed by atoms with Gasteiger partial charge in [-0.2, -0.15) is 0 Å². The van der Waals surface area contributed by atoms with Gasteiger partial charge in [0, 0.05) is 0 Å². The molecule has 1 N–H and O–H groups in total. The van der Waals surface area contributed by atoms with Crippen LogP contribution in [0, 0.1) is 11.8 Å². The molecule has 0 aromatic carbocycles. The third-order valence-electron chi connectivity index (χ3n) is 2.14. The fraction of sp³-hybridized carbons (Fsp3) is 0.900. The first-order valence-corrected chi connectivity index (χ1v) is 4.75. The number of hydrogen-bond acceptors (Lipinski definition) is 3. The number of rotatable bonds is 5. The first-order chi connectivity index (χ1) is 5.99. The summed E-state index contributed by atoms with van der Waals surface area (Å²) in [7, 11) is 1.35. The van der Waals surface area contributed by atoms with Gasteiger partial charge in [0.1, 0.15) is 0 Å². The van der Waals surface area contributed by atoms with Gasteiger partial charge < -0.3 is 9.84 Å². The van der Waals surface area contributed by atoms with Gasteiger partial charge in [-0.15, -0.1) is 0 Å². The van der Waals surface area contributed by atoms with Crippen molar-refractivity contribution in [2.24, 2.45) is 11.8 Å². The largest absolute Gasteiger partial charge is 0.469 e. The molecule has 3 heteroatoms. The van der Waals surface area contributed by atoms with Crippen molar-refractivity contribution >= 4 is 5.97 Å². The first-order valence-electron chi connectivity index (χ1n) is 4.75. The Labute approximate surface area is 80.1 Å². The molecule has 0 amide bonds. The molecule has 3 nitrogen and oxygen atoms in total. The Morgan fingerprint density at radius 2 is 1.85 bits per heavy atom.